The molecule has 5 heteroatoms. The lowest BCUT2D eigenvalue weighted by Gasteiger charge is -2.23. The van der Waals surface area contributed by atoms with Crippen molar-refractivity contribution in [1.82, 2.24) is 0 Å². The van der Waals surface area contributed by atoms with Crippen molar-refractivity contribution in [3.63, 3.8) is 0 Å². The highest BCUT2D eigenvalue weighted by molar-refractivity contribution is 14.1. The van der Waals surface area contributed by atoms with Crippen LogP contribution in [0.1, 0.15) is 12.5 Å². The zero-order valence-electron chi connectivity index (χ0n) is 11.3. The van der Waals surface area contributed by atoms with Gasteiger partial charge in [-0.05, 0) is 5.56 Å². The normalized spacial score (nSPS) is 26.6. The molecule has 1 aliphatic rings. The van der Waals surface area contributed by atoms with Crippen molar-refractivity contribution in [2.24, 2.45) is 11.8 Å². The Bertz CT molecular complexity index is 477. The number of halogens is 1. The minimum absolute atomic E-state index is 0.0392. The maximum atomic E-state index is 11.0. The summed E-state index contributed by atoms with van der Waals surface area (Å²) in [6.45, 7) is 2.78. The van der Waals surface area contributed by atoms with E-state index < -0.39 is 6.04 Å². The molecule has 0 N–H and O–H groups in total. The summed E-state index contributed by atoms with van der Waals surface area (Å²) in [6, 6.07) is 9.41. The number of ether oxygens (including phenoxy) is 1. The van der Waals surface area contributed by atoms with Gasteiger partial charge in [0.25, 0.3) is 0 Å². The minimum atomic E-state index is -0.559. The van der Waals surface area contributed by atoms with Gasteiger partial charge in [0.05, 0.1) is 19.1 Å². The van der Waals surface area contributed by atoms with Crippen LogP contribution in [0.25, 0.3) is 0 Å². The van der Waals surface area contributed by atoms with Crippen molar-refractivity contribution in [3.05, 3.63) is 58.2 Å². The van der Waals surface area contributed by atoms with Crippen molar-refractivity contribution in [1.29, 1.82) is 0 Å². The summed E-state index contributed by atoms with van der Waals surface area (Å²) in [4.78, 5) is 10.8. The number of nitrogens with zero attached hydrogens (tertiary/aromatic N) is 1. The van der Waals surface area contributed by atoms with Crippen LogP contribution >= 0.6 is 22.6 Å². The van der Waals surface area contributed by atoms with E-state index in [9.17, 15) is 10.1 Å². The van der Waals surface area contributed by atoms with Crippen molar-refractivity contribution in [3.8, 4) is 0 Å². The molecular formula is C15H18INO3. The summed E-state index contributed by atoms with van der Waals surface area (Å²) < 4.78 is 6.07. The minimum Gasteiger partial charge on any atom is -0.376 e. The Balaban J connectivity index is 1.89. The Morgan fingerprint density at radius 3 is 2.70 bits per heavy atom. The van der Waals surface area contributed by atoms with E-state index in [1.165, 1.54) is 0 Å². The van der Waals surface area contributed by atoms with Gasteiger partial charge in [0, 0.05) is 21.7 Å². The number of allylic oxidation sites excluding steroid dienone is 1. The van der Waals surface area contributed by atoms with E-state index in [1.807, 2.05) is 36.4 Å². The number of alkyl halides is 1. The Kier molecular flexibility index (Phi) is 5.54. The molecule has 20 heavy (non-hydrogen) atoms. The number of benzene rings is 1. The van der Waals surface area contributed by atoms with E-state index in [-0.39, 0.29) is 16.8 Å². The van der Waals surface area contributed by atoms with Crippen LogP contribution < -0.4 is 0 Å². The molecule has 0 amide bonds. The van der Waals surface area contributed by atoms with E-state index in [2.05, 4.69) is 28.7 Å². The van der Waals surface area contributed by atoms with Crippen LogP contribution in [-0.2, 0) is 11.3 Å². The molecule has 4 atom stereocenters. The fourth-order valence-corrected chi connectivity index (χ4v) is 3.41. The molecule has 0 saturated heterocycles. The first-order valence-electron chi connectivity index (χ1n) is 6.67. The quantitative estimate of drug-likeness (QED) is 0.247. The molecule has 108 valence electrons. The summed E-state index contributed by atoms with van der Waals surface area (Å²) in [5.41, 5.74) is 1.13. The summed E-state index contributed by atoms with van der Waals surface area (Å²) in [5, 5.41) is 11.0. The van der Waals surface area contributed by atoms with E-state index in [0.29, 0.717) is 17.1 Å². The molecule has 0 saturated carbocycles. The molecule has 0 radical (unpaired) electrons. The second kappa shape index (κ2) is 7.17. The van der Waals surface area contributed by atoms with Crippen LogP contribution in [0, 0.1) is 22.0 Å². The monoisotopic (exact) mass is 387 g/mol. The van der Waals surface area contributed by atoms with Crippen molar-refractivity contribution in [2.75, 3.05) is 6.61 Å². The first kappa shape index (κ1) is 15.4. The molecule has 1 aliphatic carbocycles. The summed E-state index contributed by atoms with van der Waals surface area (Å²) >= 11 is 2.33. The van der Waals surface area contributed by atoms with E-state index in [1.54, 1.807) is 6.92 Å². The Morgan fingerprint density at radius 2 is 2.05 bits per heavy atom. The molecule has 0 aromatic heterocycles. The van der Waals surface area contributed by atoms with Crippen molar-refractivity contribution in [2.45, 2.75) is 23.5 Å². The standard InChI is InChI=1S/C15H18INO3/c1-11(17(18)19)13-7-8-15(16)14(13)10-20-9-12-5-3-2-4-6-12/h2-8,11,13-15H,9-10H2,1H3/t11?,13-,14-,15-/m0/s1. The molecule has 0 heterocycles. The van der Waals surface area contributed by atoms with E-state index in [0.717, 1.165) is 5.56 Å². The molecule has 1 unspecified atom stereocenters. The summed E-state index contributed by atoms with van der Waals surface area (Å²) in [5.74, 6) is 0.141. The lowest BCUT2D eigenvalue weighted by atomic mass is 9.90. The molecule has 4 nitrogen and oxygen atoms in total. The third-order valence-corrected chi connectivity index (χ3v) is 5.07. The van der Waals surface area contributed by atoms with Gasteiger partial charge in [0.1, 0.15) is 0 Å². The Labute approximate surface area is 132 Å². The zero-order valence-corrected chi connectivity index (χ0v) is 13.5. The molecule has 2 rings (SSSR count). The van der Waals surface area contributed by atoms with Gasteiger partial charge < -0.3 is 4.74 Å². The summed E-state index contributed by atoms with van der Waals surface area (Å²) in [7, 11) is 0. The molecule has 0 bridgehead atoms. The van der Waals surface area contributed by atoms with E-state index in [4.69, 9.17) is 4.74 Å². The molecule has 0 fully saturated rings. The Morgan fingerprint density at radius 1 is 1.35 bits per heavy atom. The second-order valence-corrected chi connectivity index (χ2v) is 6.54. The zero-order chi connectivity index (χ0) is 14.5. The van der Waals surface area contributed by atoms with Gasteiger partial charge in [0.15, 0.2) is 0 Å². The highest BCUT2D eigenvalue weighted by Gasteiger charge is 2.38. The second-order valence-electron chi connectivity index (χ2n) is 5.10. The van der Waals surface area contributed by atoms with Crippen LogP contribution in [0.15, 0.2) is 42.5 Å². The highest BCUT2D eigenvalue weighted by atomic mass is 127. The molecule has 0 aliphatic heterocycles. The van der Waals surface area contributed by atoms with Gasteiger partial charge in [-0.15, -0.1) is 0 Å². The van der Waals surface area contributed by atoms with Crippen molar-refractivity contribution >= 4 is 22.6 Å². The number of rotatable bonds is 6. The SMILES string of the molecule is CC([C@@H]1C=C[C@H](I)[C@H]1COCc1ccccc1)[N+](=O)[O-]. The van der Waals surface area contributed by atoms with Gasteiger partial charge in [-0.3, -0.25) is 10.1 Å². The van der Waals surface area contributed by atoms with Crippen LogP contribution in [-0.4, -0.2) is 21.5 Å². The van der Waals surface area contributed by atoms with Gasteiger partial charge in [-0.25, -0.2) is 0 Å². The maximum Gasteiger partial charge on any atom is 0.216 e. The first-order chi connectivity index (χ1) is 9.59. The van der Waals surface area contributed by atoms with Crippen LogP contribution in [0.2, 0.25) is 0 Å². The molecule has 1 aromatic rings. The fourth-order valence-electron chi connectivity index (χ4n) is 2.48. The van der Waals surface area contributed by atoms with Gasteiger partial charge in [-0.1, -0.05) is 65.1 Å². The molecule has 0 spiro atoms. The fraction of sp³-hybridized carbons (Fsp3) is 0.467. The van der Waals surface area contributed by atoms with Crippen LogP contribution in [0.5, 0.6) is 0 Å². The molecule has 1 aromatic carbocycles. The van der Waals surface area contributed by atoms with Gasteiger partial charge in [-0.2, -0.15) is 0 Å². The predicted molar refractivity (Wildman–Crippen MR) is 86.5 cm³/mol. The average Bonchev–Trinajstić information content (AvgIpc) is 2.80. The van der Waals surface area contributed by atoms with Gasteiger partial charge in [0.2, 0.25) is 6.04 Å². The van der Waals surface area contributed by atoms with E-state index >= 15 is 0 Å². The average molecular weight is 387 g/mol. The predicted octanol–water partition coefficient (Wildman–Crippen LogP) is 3.47. The highest BCUT2D eigenvalue weighted by Crippen LogP contribution is 2.34. The first-order valence-corrected chi connectivity index (χ1v) is 7.91. The number of nitro groups is 1. The van der Waals surface area contributed by atoms with Gasteiger partial charge >= 0.3 is 0 Å². The summed E-state index contributed by atoms with van der Waals surface area (Å²) in [6.07, 6.45) is 4.03. The third-order valence-electron chi connectivity index (χ3n) is 3.73. The topological polar surface area (TPSA) is 52.4 Å². The smallest absolute Gasteiger partial charge is 0.216 e. The molecular weight excluding hydrogens is 369 g/mol. The third kappa shape index (κ3) is 3.79. The lowest BCUT2D eigenvalue weighted by Crippen LogP contribution is -2.33. The maximum absolute atomic E-state index is 11.0. The number of hydrogen-bond acceptors (Lipinski definition) is 3. The van der Waals surface area contributed by atoms with Crippen LogP contribution in [0.3, 0.4) is 0 Å². The lowest BCUT2D eigenvalue weighted by molar-refractivity contribution is -0.526. The Hall–Kier alpha value is -0.950. The van der Waals surface area contributed by atoms with Crippen molar-refractivity contribution < 1.29 is 9.66 Å². The number of hydrogen-bond donors (Lipinski definition) is 0. The van der Waals surface area contributed by atoms with Crippen LogP contribution in [0.4, 0.5) is 0 Å². The largest absolute Gasteiger partial charge is 0.376 e.